The molecule has 3 fully saturated rings. The first kappa shape index (κ1) is 18.0. The molecule has 0 aliphatic carbocycles. The number of fused-ring (bicyclic) bond motifs is 5. The van der Waals surface area contributed by atoms with Gasteiger partial charge in [0.05, 0.1) is 13.0 Å². The summed E-state index contributed by atoms with van der Waals surface area (Å²) in [4.78, 5) is 42.1. The number of hydrogen-bond donors (Lipinski definition) is 1. The topological polar surface area (TPSA) is 83.9 Å². The van der Waals surface area contributed by atoms with Gasteiger partial charge in [-0.15, -0.1) is 0 Å². The second-order valence-electron chi connectivity index (χ2n) is 7.61. The molecule has 3 saturated heterocycles. The van der Waals surface area contributed by atoms with Gasteiger partial charge in [0.2, 0.25) is 5.91 Å². The van der Waals surface area contributed by atoms with Crippen LogP contribution in [0.1, 0.15) is 28.9 Å². The van der Waals surface area contributed by atoms with Gasteiger partial charge in [0.15, 0.2) is 0 Å². The molecule has 0 aromatic carbocycles. The van der Waals surface area contributed by atoms with Gasteiger partial charge in [0.1, 0.15) is 11.3 Å². The summed E-state index contributed by atoms with van der Waals surface area (Å²) in [7, 11) is 3.31. The number of methoxy groups -OCH3 is 1. The molecule has 1 N–H and O–H groups in total. The van der Waals surface area contributed by atoms with Crippen LogP contribution >= 0.6 is 0 Å². The van der Waals surface area contributed by atoms with Crippen LogP contribution in [-0.4, -0.2) is 72.6 Å². The maximum absolute atomic E-state index is 13.5. The molecule has 8 nitrogen and oxygen atoms in total. The van der Waals surface area contributed by atoms with Crippen LogP contribution in [0.15, 0.2) is 10.9 Å². The van der Waals surface area contributed by atoms with Crippen molar-refractivity contribution < 1.29 is 14.3 Å². The highest BCUT2D eigenvalue weighted by Crippen LogP contribution is 2.31. The van der Waals surface area contributed by atoms with E-state index in [4.69, 9.17) is 4.74 Å². The van der Waals surface area contributed by atoms with E-state index in [1.54, 1.807) is 14.4 Å². The summed E-state index contributed by atoms with van der Waals surface area (Å²) < 4.78 is 7.11. The number of rotatable bonds is 2. The third-order valence-electron chi connectivity index (χ3n) is 6.12. The lowest BCUT2D eigenvalue weighted by atomic mass is 9.95. The van der Waals surface area contributed by atoms with E-state index < -0.39 is 0 Å². The third kappa shape index (κ3) is 3.01. The first-order valence-corrected chi connectivity index (χ1v) is 9.58. The molecule has 4 aliphatic heterocycles. The Morgan fingerprint density at radius 2 is 2.04 bits per heavy atom. The first-order chi connectivity index (χ1) is 13.0. The molecular formula is C19H26N4O4. The Hall–Kier alpha value is -2.35. The largest absolute Gasteiger partial charge is 0.496 e. The molecule has 2 amide bonds. The van der Waals surface area contributed by atoms with Gasteiger partial charge in [-0.3, -0.25) is 14.4 Å². The Balaban J connectivity index is 1.76. The van der Waals surface area contributed by atoms with Gasteiger partial charge < -0.3 is 24.4 Å². The van der Waals surface area contributed by atoms with Crippen LogP contribution in [0.4, 0.5) is 0 Å². The van der Waals surface area contributed by atoms with Crippen molar-refractivity contribution in [2.45, 2.75) is 31.8 Å². The number of amides is 2. The minimum Gasteiger partial charge on any atom is -0.496 e. The zero-order valence-corrected chi connectivity index (χ0v) is 15.9. The molecular weight excluding hydrogens is 348 g/mol. The van der Waals surface area contributed by atoms with Crippen LogP contribution < -0.4 is 15.6 Å². The van der Waals surface area contributed by atoms with E-state index >= 15 is 0 Å². The number of nitrogens with one attached hydrogen (secondary N) is 1. The molecule has 2 bridgehead atoms. The van der Waals surface area contributed by atoms with E-state index in [1.807, 2.05) is 7.05 Å². The number of nitrogens with zero attached hydrogens (tertiary/aromatic N) is 3. The Bertz CT molecular complexity index is 834. The van der Waals surface area contributed by atoms with Crippen LogP contribution in [0.25, 0.3) is 0 Å². The second-order valence-corrected chi connectivity index (χ2v) is 7.61. The number of carbonyl (C=O) groups is 2. The summed E-state index contributed by atoms with van der Waals surface area (Å²) >= 11 is 0. The summed E-state index contributed by atoms with van der Waals surface area (Å²) in [5, 5.41) is 3.27. The molecule has 8 heteroatoms. The van der Waals surface area contributed by atoms with E-state index in [1.165, 1.54) is 13.2 Å². The number of pyridine rings is 1. The predicted molar refractivity (Wildman–Crippen MR) is 99.0 cm³/mol. The molecule has 146 valence electrons. The van der Waals surface area contributed by atoms with Gasteiger partial charge in [-0.1, -0.05) is 0 Å². The molecule has 5 rings (SSSR count). The molecule has 0 saturated carbocycles. The quantitative estimate of drug-likeness (QED) is 0.768. The number of aromatic nitrogens is 1. The van der Waals surface area contributed by atoms with Crippen molar-refractivity contribution in [3.63, 3.8) is 0 Å². The van der Waals surface area contributed by atoms with Gasteiger partial charge >= 0.3 is 0 Å². The summed E-state index contributed by atoms with van der Waals surface area (Å²) in [6.45, 7) is 2.89. The van der Waals surface area contributed by atoms with Crippen molar-refractivity contribution >= 4 is 11.8 Å². The average Bonchev–Trinajstić information content (AvgIpc) is 3.08. The van der Waals surface area contributed by atoms with Crippen molar-refractivity contribution in [2.75, 3.05) is 40.3 Å². The molecule has 0 spiro atoms. The number of likely N-dealkylation sites (N-methyl/N-ethyl adjacent to an activating group) is 1. The Kier molecular flexibility index (Phi) is 4.67. The lowest BCUT2D eigenvalue weighted by Gasteiger charge is -2.32. The van der Waals surface area contributed by atoms with Gasteiger partial charge in [0.25, 0.3) is 11.5 Å². The van der Waals surface area contributed by atoms with E-state index in [0.29, 0.717) is 50.5 Å². The molecule has 27 heavy (non-hydrogen) atoms. The molecule has 5 heterocycles. The van der Waals surface area contributed by atoms with Crippen molar-refractivity contribution in [1.82, 2.24) is 19.7 Å². The van der Waals surface area contributed by atoms with Crippen molar-refractivity contribution in [3.05, 3.63) is 27.7 Å². The highest BCUT2D eigenvalue weighted by atomic mass is 16.5. The summed E-state index contributed by atoms with van der Waals surface area (Å²) in [5.74, 6) is 0.170. The number of hydrogen-bond acceptors (Lipinski definition) is 5. The van der Waals surface area contributed by atoms with Gasteiger partial charge in [-0.25, -0.2) is 0 Å². The van der Waals surface area contributed by atoms with Gasteiger partial charge in [-0.05, 0) is 12.8 Å². The summed E-state index contributed by atoms with van der Waals surface area (Å²) in [6, 6.07) is 1.46. The Morgan fingerprint density at radius 1 is 1.22 bits per heavy atom. The van der Waals surface area contributed by atoms with Crippen LogP contribution in [-0.2, 0) is 17.8 Å². The highest BCUT2D eigenvalue weighted by molar-refractivity contribution is 5.98. The summed E-state index contributed by atoms with van der Waals surface area (Å²) in [5.41, 5.74) is 1.05. The van der Waals surface area contributed by atoms with Crippen LogP contribution in [0.3, 0.4) is 0 Å². The van der Waals surface area contributed by atoms with Crippen molar-refractivity contribution in [1.29, 1.82) is 0 Å². The smallest absolute Gasteiger partial charge is 0.259 e. The predicted octanol–water partition coefficient (Wildman–Crippen LogP) is -0.305. The molecule has 0 unspecified atom stereocenters. The fourth-order valence-electron chi connectivity index (χ4n) is 4.57. The minimum absolute atomic E-state index is 0.0536. The monoisotopic (exact) mass is 374 g/mol. The Labute approximate surface area is 158 Å². The summed E-state index contributed by atoms with van der Waals surface area (Å²) in [6.07, 6.45) is 2.34. The fourth-order valence-corrected chi connectivity index (χ4v) is 4.57. The highest BCUT2D eigenvalue weighted by Gasteiger charge is 2.41. The number of ether oxygens (including phenoxy) is 1. The van der Waals surface area contributed by atoms with E-state index in [9.17, 15) is 14.4 Å². The minimum atomic E-state index is -0.145. The zero-order chi connectivity index (χ0) is 19.1. The van der Waals surface area contributed by atoms with Crippen molar-refractivity contribution in [2.24, 2.45) is 5.92 Å². The van der Waals surface area contributed by atoms with E-state index in [-0.39, 0.29) is 29.3 Å². The molecule has 1 aromatic heterocycles. The Morgan fingerprint density at radius 3 is 2.81 bits per heavy atom. The first-order valence-electron chi connectivity index (χ1n) is 9.58. The average molecular weight is 374 g/mol. The lowest BCUT2D eigenvalue weighted by molar-refractivity contribution is -0.138. The van der Waals surface area contributed by atoms with Gasteiger partial charge in [-0.2, -0.15) is 0 Å². The third-order valence-corrected chi connectivity index (χ3v) is 6.12. The molecule has 0 radical (unpaired) electrons. The van der Waals surface area contributed by atoms with Crippen LogP contribution in [0.2, 0.25) is 0 Å². The second kappa shape index (κ2) is 6.99. The van der Waals surface area contributed by atoms with E-state index in [0.717, 1.165) is 18.5 Å². The van der Waals surface area contributed by atoms with E-state index in [2.05, 4.69) is 5.32 Å². The number of carbonyl (C=O) groups excluding carboxylic acids is 2. The zero-order valence-electron chi connectivity index (χ0n) is 15.9. The normalized spacial score (nSPS) is 25.0. The molecule has 4 aliphatic rings. The maximum Gasteiger partial charge on any atom is 0.259 e. The molecule has 1 aromatic rings. The number of piperidine rings is 1. The van der Waals surface area contributed by atoms with Crippen LogP contribution in [0, 0.1) is 5.92 Å². The lowest BCUT2D eigenvalue weighted by Crippen LogP contribution is -2.45. The standard InChI is InChI=1S/C19H26N4O4/c1-21-13-4-3-12(18(21)25)10-22(11-13)19(26)17-14-5-6-20-7-8-23(14)16(24)9-15(17)27-2/h9,12-13,20H,3-8,10-11H2,1-2H3/t12-,13+/m1/s1. The van der Waals surface area contributed by atoms with Crippen LogP contribution in [0.5, 0.6) is 5.75 Å². The molecule has 2 atom stereocenters. The fraction of sp³-hybridized carbons (Fsp3) is 0.632. The van der Waals surface area contributed by atoms with Gasteiger partial charge in [0, 0.05) is 64.0 Å². The van der Waals surface area contributed by atoms with Crippen molar-refractivity contribution in [3.8, 4) is 5.75 Å². The SMILES string of the molecule is COc1cc(=O)n2c(c1C(=O)N1C[C@H]3CC[C@@H](C1)N(C)C3=O)CCNCC2. The maximum atomic E-state index is 13.5.